The lowest BCUT2D eigenvalue weighted by atomic mass is 10.2. The highest BCUT2D eigenvalue weighted by Gasteiger charge is 2.12. The highest BCUT2D eigenvalue weighted by Crippen LogP contribution is 2.33. The lowest BCUT2D eigenvalue weighted by Crippen LogP contribution is -1.88. The largest absolute Gasteiger partial charge is 0.493 e. The molecular weight excluding hydrogens is 239 g/mol. The molecule has 0 bridgehead atoms. The summed E-state index contributed by atoms with van der Waals surface area (Å²) in [7, 11) is 1.53. The third-order valence-corrected chi connectivity index (χ3v) is 2.39. The van der Waals surface area contributed by atoms with Crippen LogP contribution in [-0.4, -0.2) is 17.3 Å². The molecule has 0 amide bonds. The van der Waals surface area contributed by atoms with Crippen molar-refractivity contribution in [2.45, 2.75) is 0 Å². The molecule has 1 aromatic carbocycles. The summed E-state index contributed by atoms with van der Waals surface area (Å²) in [6.07, 6.45) is 1.43. The summed E-state index contributed by atoms with van der Waals surface area (Å²) in [6, 6.07) is 1.36. The van der Waals surface area contributed by atoms with Crippen molar-refractivity contribution in [3.05, 3.63) is 22.6 Å². The van der Waals surface area contributed by atoms with Gasteiger partial charge >= 0.3 is 0 Å². The number of nitrogens with one attached hydrogen (secondary N) is 1. The molecule has 0 spiro atoms. The van der Waals surface area contributed by atoms with Crippen molar-refractivity contribution in [2.24, 2.45) is 0 Å². The minimum atomic E-state index is -0.323. The van der Waals surface area contributed by atoms with E-state index < -0.39 is 0 Å². The number of hydrogen-bond acceptors (Lipinski definition) is 2. The molecule has 5 heteroatoms. The highest BCUT2D eigenvalue weighted by atomic mass is 79.9. The molecule has 3 nitrogen and oxygen atoms in total. The maximum Gasteiger partial charge on any atom is 0.158 e. The number of hydrogen-bond donors (Lipinski definition) is 1. The molecule has 0 saturated carbocycles. The summed E-state index contributed by atoms with van der Waals surface area (Å²) in [4.78, 5) is 0. The third-order valence-electron chi connectivity index (χ3n) is 1.80. The Hall–Kier alpha value is -1.10. The molecule has 2 aromatic rings. The number of nitrogens with zero attached hydrogens (tertiary/aromatic N) is 1. The van der Waals surface area contributed by atoms with E-state index >= 15 is 0 Å². The molecule has 0 saturated heterocycles. The fourth-order valence-corrected chi connectivity index (χ4v) is 1.77. The van der Waals surface area contributed by atoms with E-state index in [1.165, 1.54) is 19.4 Å². The fraction of sp³-hybridized carbons (Fsp3) is 0.125. The number of H-pyrrole nitrogens is 1. The number of halogens is 2. The maximum absolute atomic E-state index is 13.3. The summed E-state index contributed by atoms with van der Waals surface area (Å²) in [6.45, 7) is 0. The monoisotopic (exact) mass is 244 g/mol. The van der Waals surface area contributed by atoms with Crippen molar-refractivity contribution in [1.29, 1.82) is 0 Å². The van der Waals surface area contributed by atoms with Crippen LogP contribution in [0, 0.1) is 5.82 Å². The Labute approximate surface area is 82.0 Å². The molecular formula is C8H6BrFN2O. The molecule has 0 unspecified atom stereocenters. The molecule has 0 fully saturated rings. The smallest absolute Gasteiger partial charge is 0.158 e. The van der Waals surface area contributed by atoms with E-state index in [1.807, 2.05) is 0 Å². The van der Waals surface area contributed by atoms with Crippen molar-refractivity contribution in [2.75, 3.05) is 7.11 Å². The van der Waals surface area contributed by atoms with Crippen molar-refractivity contribution in [3.63, 3.8) is 0 Å². The number of benzene rings is 1. The second-order valence-corrected chi connectivity index (χ2v) is 3.39. The zero-order valence-corrected chi connectivity index (χ0v) is 8.35. The summed E-state index contributed by atoms with van der Waals surface area (Å²) in [5.74, 6) is 0.241. The molecule has 13 heavy (non-hydrogen) atoms. The van der Waals surface area contributed by atoms with Gasteiger partial charge < -0.3 is 4.74 Å². The van der Waals surface area contributed by atoms with Crippen molar-refractivity contribution in [1.82, 2.24) is 10.2 Å². The van der Waals surface area contributed by atoms with E-state index in [-0.39, 0.29) is 5.82 Å². The second-order valence-electron chi connectivity index (χ2n) is 2.53. The minimum absolute atomic E-state index is 0.323. The van der Waals surface area contributed by atoms with E-state index in [9.17, 15) is 4.39 Å². The SMILES string of the molecule is COc1c(Br)cc(F)c2cn[nH]c12. The van der Waals surface area contributed by atoms with Crippen molar-refractivity contribution >= 4 is 26.8 Å². The van der Waals surface area contributed by atoms with Crippen LogP contribution in [0.15, 0.2) is 16.7 Å². The van der Waals surface area contributed by atoms with E-state index in [2.05, 4.69) is 26.1 Å². The van der Waals surface area contributed by atoms with Crippen LogP contribution in [0.4, 0.5) is 4.39 Å². The standard InChI is InChI=1S/C8H6BrFN2O/c1-13-8-5(9)2-6(10)4-3-11-12-7(4)8/h2-3H,1H3,(H,11,12). The molecule has 1 aromatic heterocycles. The second kappa shape index (κ2) is 2.99. The van der Waals surface area contributed by atoms with Gasteiger partial charge in [0, 0.05) is 0 Å². The Bertz CT molecular complexity index is 455. The number of fused-ring (bicyclic) bond motifs is 1. The first-order valence-electron chi connectivity index (χ1n) is 3.59. The number of aromatic nitrogens is 2. The van der Waals surface area contributed by atoms with E-state index in [1.54, 1.807) is 0 Å². The fourth-order valence-electron chi connectivity index (χ4n) is 1.21. The van der Waals surface area contributed by atoms with Crippen LogP contribution in [0.25, 0.3) is 10.9 Å². The number of rotatable bonds is 1. The average Bonchev–Trinajstić information content (AvgIpc) is 2.53. The van der Waals surface area contributed by atoms with Crippen LogP contribution in [0.1, 0.15) is 0 Å². The quantitative estimate of drug-likeness (QED) is 0.837. The molecule has 68 valence electrons. The minimum Gasteiger partial charge on any atom is -0.493 e. The Balaban J connectivity index is 2.88. The Kier molecular flexibility index (Phi) is 1.95. The molecule has 2 rings (SSSR count). The van der Waals surface area contributed by atoms with Crippen LogP contribution in [-0.2, 0) is 0 Å². The van der Waals surface area contributed by atoms with E-state index in [4.69, 9.17) is 4.74 Å². The number of ether oxygens (including phenoxy) is 1. The van der Waals surface area contributed by atoms with Gasteiger partial charge in [0.05, 0.1) is 23.2 Å². The first-order valence-corrected chi connectivity index (χ1v) is 4.38. The number of methoxy groups -OCH3 is 1. The molecule has 1 N–H and O–H groups in total. The van der Waals surface area contributed by atoms with Crippen LogP contribution in [0.3, 0.4) is 0 Å². The predicted octanol–water partition coefficient (Wildman–Crippen LogP) is 2.47. The van der Waals surface area contributed by atoms with Gasteiger partial charge in [-0.15, -0.1) is 0 Å². The van der Waals surface area contributed by atoms with Crippen LogP contribution in [0.5, 0.6) is 5.75 Å². The Morgan fingerprint density at radius 1 is 1.62 bits per heavy atom. The molecule has 0 aliphatic rings. The summed E-state index contributed by atoms with van der Waals surface area (Å²) in [5, 5.41) is 6.85. The van der Waals surface area contributed by atoms with Gasteiger partial charge in [-0.2, -0.15) is 5.10 Å². The van der Waals surface area contributed by atoms with Gasteiger partial charge in [0.15, 0.2) is 5.75 Å². The van der Waals surface area contributed by atoms with Gasteiger partial charge in [-0.25, -0.2) is 4.39 Å². The van der Waals surface area contributed by atoms with E-state index in [0.29, 0.717) is 21.1 Å². The van der Waals surface area contributed by atoms with Crippen LogP contribution in [0.2, 0.25) is 0 Å². The first-order chi connectivity index (χ1) is 6.24. The highest BCUT2D eigenvalue weighted by molar-refractivity contribution is 9.10. The third kappa shape index (κ3) is 1.19. The normalized spacial score (nSPS) is 10.7. The summed E-state index contributed by atoms with van der Waals surface area (Å²) < 4.78 is 18.9. The van der Waals surface area contributed by atoms with Gasteiger partial charge in [0.25, 0.3) is 0 Å². The first kappa shape index (κ1) is 8.50. The van der Waals surface area contributed by atoms with Gasteiger partial charge in [-0.05, 0) is 22.0 Å². The van der Waals surface area contributed by atoms with Crippen LogP contribution >= 0.6 is 15.9 Å². The predicted molar refractivity (Wildman–Crippen MR) is 50.3 cm³/mol. The summed E-state index contributed by atoms with van der Waals surface area (Å²) in [5.41, 5.74) is 0.564. The Morgan fingerprint density at radius 2 is 2.38 bits per heavy atom. The van der Waals surface area contributed by atoms with E-state index in [0.717, 1.165) is 0 Å². The molecule has 0 atom stereocenters. The molecule has 0 aliphatic heterocycles. The lowest BCUT2D eigenvalue weighted by Gasteiger charge is -2.04. The lowest BCUT2D eigenvalue weighted by molar-refractivity contribution is 0.415. The topological polar surface area (TPSA) is 37.9 Å². The average molecular weight is 245 g/mol. The van der Waals surface area contributed by atoms with Gasteiger partial charge in [0.1, 0.15) is 11.3 Å². The summed E-state index contributed by atoms with van der Waals surface area (Å²) >= 11 is 3.20. The van der Waals surface area contributed by atoms with Gasteiger partial charge in [0.2, 0.25) is 0 Å². The Morgan fingerprint density at radius 3 is 3.08 bits per heavy atom. The zero-order valence-electron chi connectivity index (χ0n) is 6.77. The molecule has 1 heterocycles. The van der Waals surface area contributed by atoms with Gasteiger partial charge in [-0.3, -0.25) is 5.10 Å². The van der Waals surface area contributed by atoms with Crippen molar-refractivity contribution < 1.29 is 9.13 Å². The zero-order chi connectivity index (χ0) is 9.42. The van der Waals surface area contributed by atoms with Crippen molar-refractivity contribution in [3.8, 4) is 5.75 Å². The van der Waals surface area contributed by atoms with Crippen LogP contribution < -0.4 is 4.74 Å². The number of aromatic amines is 1. The molecule has 0 aliphatic carbocycles. The van der Waals surface area contributed by atoms with Gasteiger partial charge in [-0.1, -0.05) is 0 Å². The maximum atomic E-state index is 13.3. The molecule has 0 radical (unpaired) electrons.